The SMILES string of the molecule is CCc1nc(N(C)Cc2n[nH]c3c2CCCCC3)c2cnn(C)c2n1. The van der Waals surface area contributed by atoms with E-state index in [0.717, 1.165) is 54.2 Å². The summed E-state index contributed by atoms with van der Waals surface area (Å²) in [6.07, 6.45) is 8.72. The van der Waals surface area contributed by atoms with E-state index >= 15 is 0 Å². The fraction of sp³-hybridized carbons (Fsp3) is 0.556. The van der Waals surface area contributed by atoms with Crippen LogP contribution in [0.5, 0.6) is 0 Å². The highest BCUT2D eigenvalue weighted by atomic mass is 15.3. The van der Waals surface area contributed by atoms with Crippen molar-refractivity contribution in [2.24, 2.45) is 7.05 Å². The van der Waals surface area contributed by atoms with Crippen molar-refractivity contribution in [1.29, 1.82) is 0 Å². The quantitative estimate of drug-likeness (QED) is 0.739. The number of anilines is 1. The maximum Gasteiger partial charge on any atom is 0.163 e. The van der Waals surface area contributed by atoms with Gasteiger partial charge in [0.25, 0.3) is 0 Å². The number of aromatic nitrogens is 6. The molecule has 0 spiro atoms. The molecule has 1 aliphatic rings. The Balaban J connectivity index is 1.69. The summed E-state index contributed by atoms with van der Waals surface area (Å²) in [6, 6.07) is 0. The summed E-state index contributed by atoms with van der Waals surface area (Å²) < 4.78 is 1.81. The second-order valence-electron chi connectivity index (χ2n) is 6.87. The van der Waals surface area contributed by atoms with Crippen LogP contribution in [0.2, 0.25) is 0 Å². The number of nitrogens with one attached hydrogen (secondary N) is 1. The van der Waals surface area contributed by atoms with Gasteiger partial charge in [-0.15, -0.1) is 0 Å². The minimum Gasteiger partial charge on any atom is -0.353 e. The summed E-state index contributed by atoms with van der Waals surface area (Å²) >= 11 is 0. The topological polar surface area (TPSA) is 75.5 Å². The molecule has 1 N–H and O–H groups in total. The van der Waals surface area contributed by atoms with Crippen LogP contribution in [-0.2, 0) is 32.9 Å². The molecular weight excluding hydrogens is 314 g/mol. The van der Waals surface area contributed by atoms with Crippen molar-refractivity contribution in [2.45, 2.75) is 52.0 Å². The normalized spacial score (nSPS) is 14.5. The molecule has 0 saturated heterocycles. The predicted octanol–water partition coefficient (Wildman–Crippen LogP) is 2.55. The highest BCUT2D eigenvalue weighted by Crippen LogP contribution is 2.26. The van der Waals surface area contributed by atoms with Crippen molar-refractivity contribution in [3.63, 3.8) is 0 Å². The van der Waals surface area contributed by atoms with Gasteiger partial charge in [-0.1, -0.05) is 13.3 Å². The van der Waals surface area contributed by atoms with E-state index in [2.05, 4.69) is 39.2 Å². The molecule has 0 radical (unpaired) electrons. The number of nitrogens with zero attached hydrogens (tertiary/aromatic N) is 6. The Morgan fingerprint density at radius 3 is 2.88 bits per heavy atom. The van der Waals surface area contributed by atoms with Crippen LogP contribution in [0.25, 0.3) is 11.0 Å². The van der Waals surface area contributed by atoms with Crippen LogP contribution in [-0.4, -0.2) is 37.0 Å². The largest absolute Gasteiger partial charge is 0.353 e. The summed E-state index contributed by atoms with van der Waals surface area (Å²) in [4.78, 5) is 11.6. The average Bonchev–Trinajstić information content (AvgIpc) is 3.09. The van der Waals surface area contributed by atoms with E-state index in [1.807, 2.05) is 17.9 Å². The van der Waals surface area contributed by atoms with Crippen molar-refractivity contribution in [1.82, 2.24) is 29.9 Å². The third-order valence-corrected chi connectivity index (χ3v) is 5.08. The Morgan fingerprint density at radius 1 is 1.20 bits per heavy atom. The minimum absolute atomic E-state index is 0.746. The van der Waals surface area contributed by atoms with E-state index in [4.69, 9.17) is 4.98 Å². The molecule has 0 fully saturated rings. The molecule has 3 aromatic heterocycles. The lowest BCUT2D eigenvalue weighted by Crippen LogP contribution is -2.20. The third kappa shape index (κ3) is 2.88. The number of aromatic amines is 1. The van der Waals surface area contributed by atoms with Crippen LogP contribution < -0.4 is 4.90 Å². The van der Waals surface area contributed by atoms with E-state index in [9.17, 15) is 0 Å². The second-order valence-corrected chi connectivity index (χ2v) is 6.87. The van der Waals surface area contributed by atoms with Gasteiger partial charge >= 0.3 is 0 Å². The van der Waals surface area contributed by atoms with Crippen molar-refractivity contribution in [2.75, 3.05) is 11.9 Å². The van der Waals surface area contributed by atoms with Crippen molar-refractivity contribution in [3.05, 3.63) is 29.0 Å². The zero-order chi connectivity index (χ0) is 17.4. The van der Waals surface area contributed by atoms with Gasteiger partial charge in [-0.2, -0.15) is 10.2 Å². The molecule has 3 heterocycles. The van der Waals surface area contributed by atoms with Gasteiger partial charge in [-0.05, 0) is 31.2 Å². The summed E-state index contributed by atoms with van der Waals surface area (Å²) in [5.74, 6) is 1.78. The highest BCUT2D eigenvalue weighted by Gasteiger charge is 2.19. The van der Waals surface area contributed by atoms with E-state index in [-0.39, 0.29) is 0 Å². The summed E-state index contributed by atoms with van der Waals surface area (Å²) in [7, 11) is 4.00. The summed E-state index contributed by atoms with van der Waals surface area (Å²) in [5, 5.41) is 13.2. The van der Waals surface area contributed by atoms with Gasteiger partial charge in [0.05, 0.1) is 23.8 Å². The Morgan fingerprint density at radius 2 is 2.04 bits per heavy atom. The molecule has 0 unspecified atom stereocenters. The lowest BCUT2D eigenvalue weighted by atomic mass is 10.1. The number of fused-ring (bicyclic) bond motifs is 2. The van der Waals surface area contributed by atoms with E-state index in [1.54, 1.807) is 0 Å². The second kappa shape index (κ2) is 6.46. The molecule has 7 nitrogen and oxygen atoms in total. The molecule has 4 rings (SSSR count). The molecule has 0 aromatic carbocycles. The number of rotatable bonds is 4. The molecule has 132 valence electrons. The molecular formula is C18H25N7. The smallest absolute Gasteiger partial charge is 0.163 e. The lowest BCUT2D eigenvalue weighted by molar-refractivity contribution is 0.696. The number of hydrogen-bond donors (Lipinski definition) is 1. The van der Waals surface area contributed by atoms with Crippen LogP contribution in [0.4, 0.5) is 5.82 Å². The molecule has 0 saturated carbocycles. The first-order valence-corrected chi connectivity index (χ1v) is 9.12. The lowest BCUT2D eigenvalue weighted by Gasteiger charge is -2.19. The fourth-order valence-corrected chi connectivity index (χ4v) is 3.66. The molecule has 7 heteroatoms. The summed E-state index contributed by atoms with van der Waals surface area (Å²) in [6.45, 7) is 2.82. The zero-order valence-corrected chi connectivity index (χ0v) is 15.2. The average molecular weight is 339 g/mol. The van der Waals surface area contributed by atoms with Crippen LogP contribution in [0.3, 0.4) is 0 Å². The van der Waals surface area contributed by atoms with Gasteiger partial charge in [0.15, 0.2) is 5.65 Å². The van der Waals surface area contributed by atoms with Gasteiger partial charge in [0.1, 0.15) is 11.6 Å². The monoisotopic (exact) mass is 339 g/mol. The van der Waals surface area contributed by atoms with Crippen molar-refractivity contribution < 1.29 is 0 Å². The van der Waals surface area contributed by atoms with Gasteiger partial charge in [-0.3, -0.25) is 9.78 Å². The van der Waals surface area contributed by atoms with Gasteiger partial charge in [-0.25, -0.2) is 9.97 Å². The molecule has 0 amide bonds. The first kappa shape index (κ1) is 16.1. The Kier molecular flexibility index (Phi) is 4.15. The summed E-state index contributed by atoms with van der Waals surface area (Å²) in [5.41, 5.74) is 4.77. The van der Waals surface area contributed by atoms with Crippen LogP contribution in [0.15, 0.2) is 6.20 Å². The molecule has 0 aliphatic heterocycles. The Labute approximate surface area is 147 Å². The predicted molar refractivity (Wildman–Crippen MR) is 97.6 cm³/mol. The van der Waals surface area contributed by atoms with Crippen LogP contribution in [0, 0.1) is 0 Å². The maximum absolute atomic E-state index is 4.77. The van der Waals surface area contributed by atoms with E-state index in [1.165, 1.54) is 30.5 Å². The molecule has 3 aromatic rings. The van der Waals surface area contributed by atoms with Crippen molar-refractivity contribution in [3.8, 4) is 0 Å². The molecule has 25 heavy (non-hydrogen) atoms. The van der Waals surface area contributed by atoms with Crippen LogP contribution >= 0.6 is 0 Å². The molecule has 0 bridgehead atoms. The van der Waals surface area contributed by atoms with Gasteiger partial charge in [0.2, 0.25) is 0 Å². The Bertz CT molecular complexity index is 892. The number of H-pyrrole nitrogens is 1. The van der Waals surface area contributed by atoms with E-state index in [0.29, 0.717) is 0 Å². The van der Waals surface area contributed by atoms with Gasteiger partial charge < -0.3 is 4.90 Å². The first-order chi connectivity index (χ1) is 12.2. The molecule has 0 atom stereocenters. The van der Waals surface area contributed by atoms with Crippen LogP contribution in [0.1, 0.15) is 49.0 Å². The third-order valence-electron chi connectivity index (χ3n) is 5.08. The zero-order valence-electron chi connectivity index (χ0n) is 15.2. The first-order valence-electron chi connectivity index (χ1n) is 9.12. The highest BCUT2D eigenvalue weighted by molar-refractivity contribution is 5.86. The minimum atomic E-state index is 0.746. The number of aryl methyl sites for hydroxylation is 3. The maximum atomic E-state index is 4.77. The fourth-order valence-electron chi connectivity index (χ4n) is 3.66. The van der Waals surface area contributed by atoms with Crippen molar-refractivity contribution >= 4 is 16.9 Å². The van der Waals surface area contributed by atoms with Gasteiger partial charge in [0, 0.05) is 26.2 Å². The Hall–Kier alpha value is -2.44. The molecule has 1 aliphatic carbocycles. The standard InChI is InChI=1S/C18H25N7/c1-4-16-20-17(13-10-19-25(3)18(13)21-16)24(2)11-15-12-8-6-5-7-9-14(12)22-23-15/h10H,4-9,11H2,1-3H3,(H,22,23). The number of hydrogen-bond acceptors (Lipinski definition) is 5. The van der Waals surface area contributed by atoms with E-state index < -0.39 is 0 Å².